The van der Waals surface area contributed by atoms with E-state index in [2.05, 4.69) is 22.7 Å². The summed E-state index contributed by atoms with van der Waals surface area (Å²) in [6.45, 7) is 0. The van der Waals surface area contributed by atoms with E-state index in [0.717, 1.165) is 6.04 Å². The van der Waals surface area contributed by atoms with Crippen molar-refractivity contribution in [3.05, 3.63) is 23.5 Å². The molecule has 12 heavy (non-hydrogen) atoms. The van der Waals surface area contributed by atoms with Crippen molar-refractivity contribution in [3.8, 4) is 0 Å². The minimum absolute atomic E-state index is 0.652. The minimum Gasteiger partial charge on any atom is -0.367 e. The van der Waals surface area contributed by atoms with Crippen LogP contribution >= 0.6 is 0 Å². The molecule has 0 aliphatic heterocycles. The molecule has 0 bridgehead atoms. The predicted molar refractivity (Wildman–Crippen MR) is 48.0 cm³/mol. The molecule has 1 aromatic rings. The van der Waals surface area contributed by atoms with Crippen molar-refractivity contribution in [2.75, 3.05) is 0 Å². The summed E-state index contributed by atoms with van der Waals surface area (Å²) in [5.41, 5.74) is 3.04. The fourth-order valence-electron chi connectivity index (χ4n) is 2.11. The highest BCUT2D eigenvalue weighted by atomic mass is 15.0. The van der Waals surface area contributed by atoms with E-state index in [9.17, 15) is 0 Å². The van der Waals surface area contributed by atoms with Gasteiger partial charge in [0.2, 0.25) is 0 Å². The van der Waals surface area contributed by atoms with Gasteiger partial charge in [0.25, 0.3) is 0 Å². The minimum atomic E-state index is 0.652. The molecule has 0 saturated heterocycles. The monoisotopic (exact) mass is 162 g/mol. The lowest BCUT2D eigenvalue weighted by molar-refractivity contribution is 0.526. The molecule has 0 amide bonds. The molecule has 1 unspecified atom stereocenters. The highest BCUT2D eigenvalue weighted by Crippen LogP contribution is 2.33. The summed E-state index contributed by atoms with van der Waals surface area (Å²) in [5, 5.41) is 3.68. The Bertz CT molecular complexity index is 286. The van der Waals surface area contributed by atoms with Crippen LogP contribution in [0.25, 0.3) is 0 Å². The fourth-order valence-corrected chi connectivity index (χ4v) is 2.11. The first-order valence-corrected chi connectivity index (χ1v) is 4.85. The molecular weight excluding hydrogens is 148 g/mol. The van der Waals surface area contributed by atoms with Crippen LogP contribution in [0.5, 0.6) is 0 Å². The van der Waals surface area contributed by atoms with Crippen LogP contribution < -0.4 is 5.32 Å². The molecule has 1 atom stereocenters. The molecule has 1 heterocycles. The summed E-state index contributed by atoms with van der Waals surface area (Å²) in [7, 11) is 0. The molecule has 2 nitrogen and oxygen atoms in total. The molecule has 2 N–H and O–H groups in total. The van der Waals surface area contributed by atoms with Crippen molar-refractivity contribution in [1.82, 2.24) is 10.3 Å². The number of fused-ring (bicyclic) bond motifs is 1. The number of hydrogen-bond donors (Lipinski definition) is 2. The van der Waals surface area contributed by atoms with Crippen LogP contribution in [-0.2, 0) is 6.42 Å². The average Bonchev–Trinajstić information content (AvgIpc) is 2.63. The lowest BCUT2D eigenvalue weighted by Gasteiger charge is -2.10. The Morgan fingerprint density at radius 3 is 3.00 bits per heavy atom. The van der Waals surface area contributed by atoms with Crippen molar-refractivity contribution in [3.63, 3.8) is 0 Å². The molecule has 0 spiro atoms. The normalized spacial score (nSPS) is 27.5. The van der Waals surface area contributed by atoms with E-state index in [1.807, 2.05) is 0 Å². The lowest BCUT2D eigenvalue weighted by Crippen LogP contribution is -2.20. The van der Waals surface area contributed by atoms with E-state index in [0.29, 0.717) is 6.04 Å². The first-order chi connectivity index (χ1) is 5.93. The van der Waals surface area contributed by atoms with Gasteiger partial charge in [-0.3, -0.25) is 0 Å². The lowest BCUT2D eigenvalue weighted by atomic mass is 10.2. The van der Waals surface area contributed by atoms with Gasteiger partial charge in [0.1, 0.15) is 0 Å². The first-order valence-electron chi connectivity index (χ1n) is 4.85. The van der Waals surface area contributed by atoms with Crippen molar-refractivity contribution in [2.24, 2.45) is 0 Å². The Morgan fingerprint density at radius 1 is 1.25 bits per heavy atom. The highest BCUT2D eigenvalue weighted by Gasteiger charge is 2.29. The molecule has 0 aromatic carbocycles. The van der Waals surface area contributed by atoms with Gasteiger partial charge >= 0.3 is 0 Å². The molecule has 1 aromatic heterocycles. The molecule has 1 saturated carbocycles. The van der Waals surface area contributed by atoms with E-state index in [1.165, 1.54) is 36.8 Å². The zero-order valence-corrected chi connectivity index (χ0v) is 7.14. The van der Waals surface area contributed by atoms with Crippen molar-refractivity contribution >= 4 is 0 Å². The van der Waals surface area contributed by atoms with E-state index < -0.39 is 0 Å². The molecule has 3 rings (SSSR count). The van der Waals surface area contributed by atoms with Crippen molar-refractivity contribution in [2.45, 2.75) is 37.8 Å². The van der Waals surface area contributed by atoms with E-state index in [1.54, 1.807) is 0 Å². The number of H-pyrrole nitrogens is 1. The molecule has 2 heteroatoms. The Kier molecular flexibility index (Phi) is 1.32. The van der Waals surface area contributed by atoms with Crippen LogP contribution in [0.2, 0.25) is 0 Å². The molecule has 2 aliphatic rings. The Balaban J connectivity index is 1.80. The second kappa shape index (κ2) is 2.36. The van der Waals surface area contributed by atoms with Gasteiger partial charge in [-0.1, -0.05) is 0 Å². The molecule has 64 valence electrons. The second-order valence-electron chi connectivity index (χ2n) is 3.97. The summed E-state index contributed by atoms with van der Waals surface area (Å²) >= 11 is 0. The standard InChI is InChI=1S/C10H14N2/c1-4-10(12-8-2-3-8)9-6-11-5-7(1)9/h5-6,8,10-12H,1-4H2. The van der Waals surface area contributed by atoms with Gasteiger partial charge in [-0.05, 0) is 36.8 Å². The predicted octanol–water partition coefficient (Wildman–Crippen LogP) is 1.75. The Hall–Kier alpha value is -0.760. The third kappa shape index (κ3) is 0.985. The number of hydrogen-bond acceptors (Lipinski definition) is 1. The van der Waals surface area contributed by atoms with Crippen molar-refractivity contribution in [1.29, 1.82) is 0 Å². The summed E-state index contributed by atoms with van der Waals surface area (Å²) in [6, 6.07) is 1.48. The topological polar surface area (TPSA) is 27.8 Å². The van der Waals surface area contributed by atoms with Crippen LogP contribution in [0.3, 0.4) is 0 Å². The van der Waals surface area contributed by atoms with Gasteiger partial charge in [0.15, 0.2) is 0 Å². The highest BCUT2D eigenvalue weighted by molar-refractivity contribution is 5.31. The number of aryl methyl sites for hydroxylation is 1. The van der Waals surface area contributed by atoms with Crippen LogP contribution in [0.1, 0.15) is 36.4 Å². The first kappa shape index (κ1) is 6.72. The van der Waals surface area contributed by atoms with Gasteiger partial charge in [0.05, 0.1) is 0 Å². The third-order valence-corrected chi connectivity index (χ3v) is 2.96. The summed E-state index contributed by atoms with van der Waals surface area (Å²) in [6.07, 6.45) is 9.62. The van der Waals surface area contributed by atoms with Crippen LogP contribution in [0.4, 0.5) is 0 Å². The zero-order chi connectivity index (χ0) is 7.97. The maximum atomic E-state index is 3.68. The number of aromatic nitrogens is 1. The summed E-state index contributed by atoms with van der Waals surface area (Å²) < 4.78 is 0. The number of rotatable bonds is 2. The van der Waals surface area contributed by atoms with E-state index >= 15 is 0 Å². The SMILES string of the molecule is c1[nH]cc2c1CCC2NC1CC1. The van der Waals surface area contributed by atoms with Crippen LogP contribution in [0.15, 0.2) is 12.4 Å². The number of nitrogens with one attached hydrogen (secondary N) is 2. The van der Waals surface area contributed by atoms with Gasteiger partial charge in [-0.2, -0.15) is 0 Å². The van der Waals surface area contributed by atoms with E-state index in [-0.39, 0.29) is 0 Å². The molecule has 0 radical (unpaired) electrons. The Morgan fingerprint density at radius 2 is 2.17 bits per heavy atom. The van der Waals surface area contributed by atoms with Crippen molar-refractivity contribution < 1.29 is 0 Å². The van der Waals surface area contributed by atoms with Crippen LogP contribution in [-0.4, -0.2) is 11.0 Å². The van der Waals surface area contributed by atoms with Gasteiger partial charge < -0.3 is 10.3 Å². The maximum Gasteiger partial charge on any atom is 0.0343 e. The van der Waals surface area contributed by atoms with Crippen LogP contribution in [0, 0.1) is 0 Å². The van der Waals surface area contributed by atoms with Gasteiger partial charge in [-0.15, -0.1) is 0 Å². The smallest absolute Gasteiger partial charge is 0.0343 e. The zero-order valence-electron chi connectivity index (χ0n) is 7.14. The van der Waals surface area contributed by atoms with Gasteiger partial charge in [-0.25, -0.2) is 0 Å². The summed E-state index contributed by atoms with van der Waals surface area (Å²) in [5.74, 6) is 0. The molecule has 2 aliphatic carbocycles. The molecule has 1 fully saturated rings. The fraction of sp³-hybridized carbons (Fsp3) is 0.600. The maximum absolute atomic E-state index is 3.68. The quantitative estimate of drug-likeness (QED) is 0.681. The largest absolute Gasteiger partial charge is 0.367 e. The Labute approximate surface area is 72.4 Å². The summed E-state index contributed by atoms with van der Waals surface area (Å²) in [4.78, 5) is 3.18. The van der Waals surface area contributed by atoms with Gasteiger partial charge in [0, 0.05) is 24.5 Å². The van der Waals surface area contributed by atoms with E-state index in [4.69, 9.17) is 0 Å². The molecular formula is C10H14N2. The second-order valence-corrected chi connectivity index (χ2v) is 3.97. The average molecular weight is 162 g/mol. The third-order valence-electron chi connectivity index (χ3n) is 2.96. The number of aromatic amines is 1.